The van der Waals surface area contributed by atoms with E-state index in [1.807, 2.05) is 68.0 Å². The first kappa shape index (κ1) is 20.3. The third-order valence-electron chi connectivity index (χ3n) is 2.41. The van der Waals surface area contributed by atoms with Crippen molar-refractivity contribution in [1.82, 2.24) is 0 Å². The number of esters is 1. The fourth-order valence-corrected chi connectivity index (χ4v) is 3.47. The first-order valence-electron chi connectivity index (χ1n) is 5.78. The molecule has 0 aromatic carbocycles. The molecule has 0 aromatic rings. The molecule has 0 bridgehead atoms. The van der Waals surface area contributed by atoms with Crippen LogP contribution in [0.1, 0.15) is 12.8 Å². The number of hydrogen-bond acceptors (Lipinski definition) is 6. The van der Waals surface area contributed by atoms with Gasteiger partial charge in [0.15, 0.2) is 0 Å². The van der Waals surface area contributed by atoms with Gasteiger partial charge in [0.05, 0.1) is 35.1 Å². The van der Waals surface area contributed by atoms with E-state index >= 15 is 0 Å². The average Bonchev–Trinajstić information content (AvgIpc) is 2.88. The van der Waals surface area contributed by atoms with Crippen LogP contribution in [-0.4, -0.2) is 43.6 Å². The van der Waals surface area contributed by atoms with E-state index in [0.29, 0.717) is 6.15 Å². The summed E-state index contributed by atoms with van der Waals surface area (Å²) >= 11 is 5.31. The van der Waals surface area contributed by atoms with Gasteiger partial charge in [-0.25, -0.2) is 4.79 Å². The highest BCUT2D eigenvalue weighted by Gasteiger charge is 2.27. The molecular formula is C10H12I4N2O5. The molecule has 0 radical (unpaired) electrons. The average molecular weight is 748 g/mol. The summed E-state index contributed by atoms with van der Waals surface area (Å²) in [5.74, 6) is -0.229. The highest BCUT2D eigenvalue weighted by atomic mass is 127. The Morgan fingerprint density at radius 3 is 2.38 bits per heavy atom. The number of alkyl halides is 1. The van der Waals surface area contributed by atoms with Crippen LogP contribution in [0.2, 0.25) is 0 Å². The minimum atomic E-state index is -0.612. The van der Waals surface area contributed by atoms with Gasteiger partial charge in [-0.15, -0.1) is 0 Å². The second-order valence-corrected chi connectivity index (χ2v) is 12.3. The fourth-order valence-electron chi connectivity index (χ4n) is 1.59. The highest BCUT2D eigenvalue weighted by Crippen LogP contribution is 2.20. The van der Waals surface area contributed by atoms with Crippen molar-refractivity contribution in [1.29, 1.82) is 0 Å². The molecule has 1 aliphatic rings. The molecular weight excluding hydrogens is 736 g/mol. The maximum Gasteiger partial charge on any atom is 0.435 e. The summed E-state index contributed by atoms with van der Waals surface area (Å²) in [5, 5.41) is 0. The topological polar surface area (TPSA) is 86.6 Å². The molecule has 0 spiro atoms. The summed E-state index contributed by atoms with van der Waals surface area (Å²) in [7, 11) is 0. The van der Waals surface area contributed by atoms with E-state index < -0.39 is 27.1 Å². The number of nitrogens with zero attached hydrogens (tertiary/aromatic N) is 2. The van der Waals surface area contributed by atoms with E-state index in [0.717, 1.165) is 12.8 Å². The van der Waals surface area contributed by atoms with Crippen LogP contribution in [0.3, 0.4) is 0 Å². The predicted molar refractivity (Wildman–Crippen MR) is 111 cm³/mol. The van der Waals surface area contributed by atoms with Crippen LogP contribution in [0.4, 0.5) is 4.79 Å². The van der Waals surface area contributed by atoms with Crippen LogP contribution in [0, 0.1) is 0 Å². The highest BCUT2D eigenvalue weighted by molar-refractivity contribution is 14.2. The zero-order valence-electron chi connectivity index (χ0n) is 10.6. The van der Waals surface area contributed by atoms with Crippen LogP contribution in [0.15, 0.2) is 6.35 Å². The van der Waals surface area contributed by atoms with Gasteiger partial charge in [-0.2, -0.15) is 6.35 Å². The molecule has 1 rings (SSSR count). The first-order valence-corrected chi connectivity index (χ1v) is 11.4. The zero-order valence-corrected chi connectivity index (χ0v) is 19.3. The molecule has 7 nitrogen and oxygen atoms in total. The summed E-state index contributed by atoms with van der Waals surface area (Å²) in [6.45, 7) is 0.421. The van der Waals surface area contributed by atoms with Crippen molar-refractivity contribution in [2.75, 3.05) is 17.6 Å². The molecule has 1 aliphatic heterocycles. The monoisotopic (exact) mass is 748 g/mol. The van der Waals surface area contributed by atoms with Crippen molar-refractivity contribution in [2.24, 2.45) is 6.35 Å². The molecule has 0 saturated carbocycles. The molecule has 11 heteroatoms. The molecule has 120 valence electrons. The van der Waals surface area contributed by atoms with Crippen LogP contribution in [-0.2, 0) is 19.0 Å². The van der Waals surface area contributed by atoms with E-state index in [9.17, 15) is 9.59 Å². The molecule has 1 amide bonds. The van der Waals surface area contributed by atoms with Crippen LogP contribution >= 0.6 is 89.1 Å². The van der Waals surface area contributed by atoms with Gasteiger partial charge in [-0.05, 0) is 58.0 Å². The molecule has 1 heterocycles. The predicted octanol–water partition coefficient (Wildman–Crippen LogP) is 3.94. The van der Waals surface area contributed by atoms with Crippen molar-refractivity contribution in [3.05, 3.63) is 0 Å². The second kappa shape index (κ2) is 11.8. The van der Waals surface area contributed by atoms with E-state index in [1.165, 1.54) is 0 Å². The number of hydrogen-bond donors (Lipinski definition) is 0. The maximum atomic E-state index is 11.4. The minimum absolute atomic E-state index is 0.124. The Hall–Kier alpha value is 1.29. The van der Waals surface area contributed by atoms with Crippen LogP contribution < -0.4 is 0 Å². The summed E-state index contributed by atoms with van der Waals surface area (Å²) in [4.78, 5) is 26.3. The fraction of sp³-hybridized carbons (Fsp3) is 0.700. The number of ether oxygens (including phenoxy) is 3. The Morgan fingerprint density at radius 1 is 1.19 bits per heavy atom. The largest absolute Gasteiger partial charge is 0.462 e. The first-order chi connectivity index (χ1) is 10.0. The van der Waals surface area contributed by atoms with Crippen molar-refractivity contribution < 1.29 is 23.8 Å². The minimum Gasteiger partial charge on any atom is -0.462 e. The maximum absolute atomic E-state index is 11.4. The van der Waals surface area contributed by atoms with Gasteiger partial charge in [0.25, 0.3) is 0 Å². The lowest BCUT2D eigenvalue weighted by atomic mass is 10.2. The molecule has 0 N–H and O–H groups in total. The molecule has 0 aromatic heterocycles. The Labute approximate surface area is 173 Å². The van der Waals surface area contributed by atoms with Gasteiger partial charge >= 0.3 is 12.1 Å². The van der Waals surface area contributed by atoms with Gasteiger partial charge in [0.2, 0.25) is 0 Å². The van der Waals surface area contributed by atoms with E-state index in [4.69, 9.17) is 14.2 Å². The SMILES string of the molecule is O=C(CI=NI)OC[C@@H]1CC[C@H](COC(=O)N=C(I)I)O1. The van der Waals surface area contributed by atoms with E-state index in [2.05, 4.69) is 6.35 Å². The Kier molecular flexibility index (Phi) is 11.4. The van der Waals surface area contributed by atoms with Crippen molar-refractivity contribution in [3.63, 3.8) is 0 Å². The summed E-state index contributed by atoms with van der Waals surface area (Å²) in [6.07, 6.45) is 0.668. The normalized spacial score (nSPS) is 21.7. The van der Waals surface area contributed by atoms with Crippen molar-refractivity contribution in [3.8, 4) is 0 Å². The number of carbonyl (C=O) groups excluding carboxylic acids is 2. The number of aliphatic imine (C=N–C) groups is 1. The van der Waals surface area contributed by atoms with Gasteiger partial charge in [-0.3, -0.25) is 4.79 Å². The lowest BCUT2D eigenvalue weighted by molar-refractivity contribution is -0.144. The smallest absolute Gasteiger partial charge is 0.435 e. The molecule has 1 saturated heterocycles. The summed E-state index contributed by atoms with van der Waals surface area (Å²) in [5.41, 5.74) is 0. The van der Waals surface area contributed by atoms with Gasteiger partial charge in [-0.1, -0.05) is 0 Å². The molecule has 0 unspecified atom stereocenters. The third-order valence-corrected chi connectivity index (χ3v) is 5.84. The third kappa shape index (κ3) is 9.90. The Morgan fingerprint density at radius 2 is 1.81 bits per heavy atom. The second-order valence-electron chi connectivity index (χ2n) is 3.89. The van der Waals surface area contributed by atoms with Crippen molar-refractivity contribution >= 4 is 103 Å². The van der Waals surface area contributed by atoms with Gasteiger partial charge in [0.1, 0.15) is 19.4 Å². The number of carbonyl (C=O) groups is 2. The number of halogens is 4. The van der Waals surface area contributed by atoms with Crippen molar-refractivity contribution in [2.45, 2.75) is 25.0 Å². The molecule has 0 aliphatic carbocycles. The van der Waals surface area contributed by atoms with Crippen LogP contribution in [0.25, 0.3) is 0 Å². The van der Waals surface area contributed by atoms with E-state index in [-0.39, 0.29) is 31.4 Å². The van der Waals surface area contributed by atoms with E-state index in [1.54, 1.807) is 0 Å². The standard InChI is InChI=1S/C10H12I4N2O5/c11-9(12)15-10(18)20-5-7-2-1-6(21-7)4-19-8(17)3-14-16-13/h6-7H,1-5H2/t6-,7+/m0/s1. The molecule has 1 fully saturated rings. The number of amides is 1. The zero-order chi connectivity index (χ0) is 15.7. The van der Waals surface area contributed by atoms with Crippen LogP contribution in [0.5, 0.6) is 0 Å². The lowest BCUT2D eigenvalue weighted by Crippen LogP contribution is -2.22. The lowest BCUT2D eigenvalue weighted by Gasteiger charge is -2.13. The summed E-state index contributed by atoms with van der Waals surface area (Å²) in [6, 6.07) is 0. The summed E-state index contributed by atoms with van der Waals surface area (Å²) < 4.78 is 20.7. The Bertz CT molecular complexity index is 428. The van der Waals surface area contributed by atoms with Gasteiger partial charge in [0, 0.05) is 21.0 Å². The molecule has 21 heavy (non-hydrogen) atoms. The van der Waals surface area contributed by atoms with Gasteiger partial charge < -0.3 is 14.2 Å². The molecule has 2 atom stereocenters. The quantitative estimate of drug-likeness (QED) is 0.178. The Balaban J connectivity index is 2.19. The number of rotatable bonds is 6.